The van der Waals surface area contributed by atoms with Crippen LogP contribution in [0.25, 0.3) is 10.9 Å². The number of benzene rings is 1. The van der Waals surface area contributed by atoms with Crippen LogP contribution in [0.2, 0.25) is 0 Å². The van der Waals surface area contributed by atoms with Gasteiger partial charge >= 0.3 is 0 Å². The summed E-state index contributed by atoms with van der Waals surface area (Å²) in [6, 6.07) is 8.20. The maximum Gasteiger partial charge on any atom is 0.278 e. The molecular formula is C20H30N4O3S. The van der Waals surface area contributed by atoms with E-state index in [9.17, 15) is 13.2 Å². The van der Waals surface area contributed by atoms with Gasteiger partial charge in [-0.05, 0) is 50.8 Å². The molecule has 1 aromatic heterocycles. The van der Waals surface area contributed by atoms with Crippen molar-refractivity contribution in [2.45, 2.75) is 38.6 Å². The van der Waals surface area contributed by atoms with Crippen LogP contribution in [0.15, 0.2) is 24.3 Å². The lowest BCUT2D eigenvalue weighted by atomic mass is 9.99. The summed E-state index contributed by atoms with van der Waals surface area (Å²) < 4.78 is 29.5. The molecule has 0 aliphatic carbocycles. The van der Waals surface area contributed by atoms with Gasteiger partial charge in [0.15, 0.2) is 0 Å². The van der Waals surface area contributed by atoms with Crippen LogP contribution in [0.3, 0.4) is 0 Å². The van der Waals surface area contributed by atoms with Crippen molar-refractivity contribution in [3.63, 3.8) is 0 Å². The lowest BCUT2D eigenvalue weighted by molar-refractivity contribution is 0.0594. The van der Waals surface area contributed by atoms with Crippen LogP contribution in [0, 0.1) is 6.92 Å². The van der Waals surface area contributed by atoms with Crippen molar-refractivity contribution < 1.29 is 13.2 Å². The number of likely N-dealkylation sites (tertiary alicyclic amines) is 1. The highest BCUT2D eigenvalue weighted by Gasteiger charge is 2.29. The Morgan fingerprint density at radius 3 is 2.71 bits per heavy atom. The van der Waals surface area contributed by atoms with Gasteiger partial charge in [-0.15, -0.1) is 0 Å². The van der Waals surface area contributed by atoms with Crippen molar-refractivity contribution in [3.05, 3.63) is 35.5 Å². The number of piperidine rings is 1. The van der Waals surface area contributed by atoms with E-state index < -0.39 is 10.2 Å². The Hall–Kier alpha value is -1.90. The summed E-state index contributed by atoms with van der Waals surface area (Å²) in [6.45, 7) is 3.08. The van der Waals surface area contributed by atoms with Crippen LogP contribution < -0.4 is 4.72 Å². The second-order valence-electron chi connectivity index (χ2n) is 7.77. The molecule has 1 amide bonds. The van der Waals surface area contributed by atoms with Crippen LogP contribution in [0.4, 0.5) is 0 Å². The van der Waals surface area contributed by atoms with Crippen LogP contribution in [-0.4, -0.2) is 61.3 Å². The van der Waals surface area contributed by atoms with Crippen molar-refractivity contribution in [2.75, 3.05) is 27.2 Å². The summed E-state index contributed by atoms with van der Waals surface area (Å²) >= 11 is 0. The zero-order chi connectivity index (χ0) is 20.5. The lowest BCUT2D eigenvalue weighted by Crippen LogP contribution is -2.46. The normalized spacial score (nSPS) is 18.2. The third kappa shape index (κ3) is 4.24. The van der Waals surface area contributed by atoms with Gasteiger partial charge in [0.05, 0.1) is 0 Å². The Balaban J connectivity index is 1.76. The molecule has 1 N–H and O–H groups in total. The Labute approximate surface area is 167 Å². The Kier molecular flexibility index (Phi) is 6.12. The average Bonchev–Trinajstić information content (AvgIpc) is 2.97. The molecule has 0 radical (unpaired) electrons. The van der Waals surface area contributed by atoms with Gasteiger partial charge in [-0.1, -0.05) is 11.6 Å². The van der Waals surface area contributed by atoms with Crippen molar-refractivity contribution in [2.24, 2.45) is 7.05 Å². The van der Waals surface area contributed by atoms with Gasteiger partial charge < -0.3 is 9.47 Å². The number of hydrogen-bond donors (Lipinski definition) is 1. The first kappa shape index (κ1) is 20.8. The fourth-order valence-corrected chi connectivity index (χ4v) is 4.51. The number of carbonyl (C=O) groups excluding carboxylic acids is 1. The van der Waals surface area contributed by atoms with Crippen molar-refractivity contribution >= 4 is 27.0 Å². The number of aromatic nitrogens is 1. The van der Waals surface area contributed by atoms with E-state index in [1.807, 2.05) is 35.6 Å². The molecular weight excluding hydrogens is 376 g/mol. The summed E-state index contributed by atoms with van der Waals surface area (Å²) in [7, 11) is 1.49. The van der Waals surface area contributed by atoms with Gasteiger partial charge in [0.1, 0.15) is 5.69 Å². The van der Waals surface area contributed by atoms with E-state index in [0.717, 1.165) is 34.5 Å². The molecule has 3 rings (SSSR count). The second kappa shape index (κ2) is 8.23. The Morgan fingerprint density at radius 1 is 1.25 bits per heavy atom. The number of fused-ring (bicyclic) bond motifs is 1. The zero-order valence-corrected chi connectivity index (χ0v) is 17.9. The van der Waals surface area contributed by atoms with Crippen LogP contribution in [0.1, 0.15) is 41.7 Å². The maximum atomic E-state index is 13.3. The third-order valence-electron chi connectivity index (χ3n) is 5.55. The monoisotopic (exact) mass is 406 g/mol. The maximum absolute atomic E-state index is 13.3. The number of carbonyl (C=O) groups is 1. The van der Waals surface area contributed by atoms with E-state index in [0.29, 0.717) is 25.2 Å². The molecule has 2 aromatic rings. The highest BCUT2D eigenvalue weighted by atomic mass is 32.2. The zero-order valence-electron chi connectivity index (χ0n) is 17.1. The lowest BCUT2D eigenvalue weighted by Gasteiger charge is -2.36. The standard InChI is InChI=1S/C20H30N4O3S/c1-15-8-9-18-16(13-15)14-19(23(18)4)20(25)24-12-6-5-7-17(24)10-11-21-28(26,27)22(2)3/h8-9,13-14,17,21H,5-7,10-12H2,1-4H3/t17-/m0/s1. The summed E-state index contributed by atoms with van der Waals surface area (Å²) in [4.78, 5) is 15.2. The van der Waals surface area contributed by atoms with Gasteiger partial charge in [-0.3, -0.25) is 4.79 Å². The minimum absolute atomic E-state index is 0.0246. The fourth-order valence-electron chi connectivity index (χ4n) is 3.87. The first-order valence-electron chi connectivity index (χ1n) is 9.75. The quantitative estimate of drug-likeness (QED) is 0.800. The summed E-state index contributed by atoms with van der Waals surface area (Å²) in [5.74, 6) is 0.0246. The smallest absolute Gasteiger partial charge is 0.278 e. The average molecular weight is 407 g/mol. The molecule has 28 heavy (non-hydrogen) atoms. The molecule has 0 spiro atoms. The number of nitrogens with one attached hydrogen (secondary N) is 1. The SMILES string of the molecule is Cc1ccc2c(c1)cc(C(=O)N1CCCC[C@H]1CCNS(=O)(=O)N(C)C)n2C. The molecule has 1 aliphatic heterocycles. The molecule has 0 unspecified atom stereocenters. The molecule has 1 fully saturated rings. The fraction of sp³-hybridized carbons (Fsp3) is 0.550. The molecule has 8 heteroatoms. The molecule has 2 heterocycles. The number of aryl methyl sites for hydroxylation is 2. The Bertz CT molecular complexity index is 965. The van der Waals surface area contributed by atoms with E-state index in [-0.39, 0.29) is 11.9 Å². The topological polar surface area (TPSA) is 74.7 Å². The molecule has 1 atom stereocenters. The van der Waals surface area contributed by atoms with E-state index in [1.54, 1.807) is 0 Å². The van der Waals surface area contributed by atoms with Gasteiger partial charge in [-0.25, -0.2) is 4.72 Å². The van der Waals surface area contributed by atoms with Gasteiger partial charge in [-0.2, -0.15) is 12.7 Å². The van der Waals surface area contributed by atoms with E-state index in [2.05, 4.69) is 16.9 Å². The van der Waals surface area contributed by atoms with E-state index in [4.69, 9.17) is 0 Å². The number of hydrogen-bond acceptors (Lipinski definition) is 3. The molecule has 1 aromatic carbocycles. The van der Waals surface area contributed by atoms with Crippen LogP contribution in [0.5, 0.6) is 0 Å². The molecule has 7 nitrogen and oxygen atoms in total. The van der Waals surface area contributed by atoms with E-state index >= 15 is 0 Å². The van der Waals surface area contributed by atoms with Crippen LogP contribution in [-0.2, 0) is 17.3 Å². The van der Waals surface area contributed by atoms with Crippen LogP contribution >= 0.6 is 0 Å². The summed E-state index contributed by atoms with van der Waals surface area (Å²) in [5, 5.41) is 1.07. The predicted octanol–water partition coefficient (Wildman–Crippen LogP) is 2.27. The molecule has 0 saturated carbocycles. The first-order valence-corrected chi connectivity index (χ1v) is 11.2. The second-order valence-corrected chi connectivity index (χ2v) is 9.74. The largest absolute Gasteiger partial charge is 0.340 e. The van der Waals surface area contributed by atoms with Gasteiger partial charge in [0.2, 0.25) is 0 Å². The minimum atomic E-state index is -3.44. The molecule has 154 valence electrons. The number of nitrogens with zero attached hydrogens (tertiary/aromatic N) is 3. The third-order valence-corrected chi connectivity index (χ3v) is 7.08. The molecule has 1 saturated heterocycles. The molecule has 0 bridgehead atoms. The predicted molar refractivity (Wildman–Crippen MR) is 112 cm³/mol. The highest BCUT2D eigenvalue weighted by molar-refractivity contribution is 7.87. The Morgan fingerprint density at radius 2 is 2.00 bits per heavy atom. The molecule has 1 aliphatic rings. The van der Waals surface area contributed by atoms with Gasteiger partial charge in [0, 0.05) is 51.2 Å². The number of rotatable bonds is 6. The van der Waals surface area contributed by atoms with E-state index in [1.165, 1.54) is 19.7 Å². The summed E-state index contributed by atoms with van der Waals surface area (Å²) in [6.07, 6.45) is 3.55. The minimum Gasteiger partial charge on any atom is -0.340 e. The first-order chi connectivity index (χ1) is 13.2. The van der Waals surface area contributed by atoms with Crippen molar-refractivity contribution in [1.82, 2.24) is 18.5 Å². The summed E-state index contributed by atoms with van der Waals surface area (Å²) in [5.41, 5.74) is 2.89. The van der Waals surface area contributed by atoms with Gasteiger partial charge in [0.25, 0.3) is 16.1 Å². The highest BCUT2D eigenvalue weighted by Crippen LogP contribution is 2.25. The van der Waals surface area contributed by atoms with Crippen molar-refractivity contribution in [1.29, 1.82) is 0 Å². The van der Waals surface area contributed by atoms with Crippen molar-refractivity contribution in [3.8, 4) is 0 Å². The number of amides is 1.